The van der Waals surface area contributed by atoms with E-state index in [9.17, 15) is 19.2 Å². The number of nitrogens with one attached hydrogen (secondary N) is 1. The maximum Gasteiger partial charge on any atom is 0.407 e. The summed E-state index contributed by atoms with van der Waals surface area (Å²) in [6, 6.07) is 15.6. The van der Waals surface area contributed by atoms with Crippen LogP contribution in [-0.2, 0) is 20.9 Å². The lowest BCUT2D eigenvalue weighted by Gasteiger charge is -2.39. The van der Waals surface area contributed by atoms with Crippen LogP contribution >= 0.6 is 0 Å². The molecule has 2 aromatic carbocycles. The first-order valence-electron chi connectivity index (χ1n) is 9.73. The van der Waals surface area contributed by atoms with E-state index in [1.54, 1.807) is 29.2 Å². The van der Waals surface area contributed by atoms with Crippen molar-refractivity contribution >= 4 is 29.5 Å². The molecule has 4 amide bonds. The molecule has 0 bridgehead atoms. The Hall–Kier alpha value is -3.68. The minimum absolute atomic E-state index is 0.156. The third-order valence-corrected chi connectivity index (χ3v) is 5.13. The number of amides is 4. The lowest BCUT2D eigenvalue weighted by Crippen LogP contribution is -2.61. The molecule has 4 rings (SSSR count). The quantitative estimate of drug-likeness (QED) is 0.766. The van der Waals surface area contributed by atoms with Gasteiger partial charge in [-0.05, 0) is 29.8 Å². The largest absolute Gasteiger partial charge is 0.445 e. The minimum atomic E-state index is -0.514. The Morgan fingerprint density at radius 2 is 1.57 bits per heavy atom. The molecular weight excluding hydrogens is 386 g/mol. The van der Waals surface area contributed by atoms with Gasteiger partial charge < -0.3 is 15.0 Å². The maximum absolute atomic E-state index is 12.6. The first-order chi connectivity index (χ1) is 14.5. The Kier molecular flexibility index (Phi) is 5.47. The van der Waals surface area contributed by atoms with Crippen LogP contribution in [0, 0.1) is 0 Å². The Bertz CT molecular complexity index is 952. The Morgan fingerprint density at radius 1 is 0.933 bits per heavy atom. The molecule has 2 fully saturated rings. The molecule has 8 nitrogen and oxygen atoms in total. The van der Waals surface area contributed by atoms with Crippen molar-refractivity contribution in [2.45, 2.75) is 25.5 Å². The molecule has 8 heteroatoms. The molecule has 0 atom stereocenters. The highest BCUT2D eigenvalue weighted by Gasteiger charge is 2.33. The number of carbonyl (C=O) groups excluding carboxylic acids is 4. The number of hydrogen-bond acceptors (Lipinski definition) is 5. The van der Waals surface area contributed by atoms with Gasteiger partial charge in [0.05, 0.1) is 11.7 Å². The van der Waals surface area contributed by atoms with Crippen LogP contribution in [0.4, 0.5) is 10.5 Å². The van der Waals surface area contributed by atoms with Gasteiger partial charge in [0.1, 0.15) is 6.61 Å². The van der Waals surface area contributed by atoms with Crippen LogP contribution in [0.25, 0.3) is 0 Å². The fourth-order valence-corrected chi connectivity index (χ4v) is 3.47. The predicted octanol–water partition coefficient (Wildman–Crippen LogP) is 2.09. The second-order valence-corrected chi connectivity index (χ2v) is 7.28. The third kappa shape index (κ3) is 4.17. The molecule has 2 heterocycles. The minimum Gasteiger partial charge on any atom is -0.445 e. The Balaban J connectivity index is 1.24. The molecule has 154 valence electrons. The summed E-state index contributed by atoms with van der Waals surface area (Å²) in [5.74, 6) is -0.624. The number of carbonyl (C=O) groups is 4. The van der Waals surface area contributed by atoms with Crippen LogP contribution in [0.3, 0.4) is 0 Å². The van der Waals surface area contributed by atoms with Gasteiger partial charge in [0.25, 0.3) is 5.91 Å². The summed E-state index contributed by atoms with van der Waals surface area (Å²) >= 11 is 0. The predicted molar refractivity (Wildman–Crippen MR) is 108 cm³/mol. The first kappa shape index (κ1) is 19.6. The highest BCUT2D eigenvalue weighted by atomic mass is 16.5. The number of ether oxygens (including phenoxy) is 1. The Labute approximate surface area is 173 Å². The van der Waals surface area contributed by atoms with Crippen LogP contribution in [0.2, 0.25) is 0 Å². The van der Waals surface area contributed by atoms with Gasteiger partial charge in [-0.1, -0.05) is 30.3 Å². The molecule has 2 saturated heterocycles. The van der Waals surface area contributed by atoms with Crippen molar-refractivity contribution in [3.05, 3.63) is 65.7 Å². The average Bonchev–Trinajstić information content (AvgIpc) is 3.07. The third-order valence-electron chi connectivity index (χ3n) is 5.13. The molecule has 2 aliphatic heterocycles. The van der Waals surface area contributed by atoms with Crippen LogP contribution in [-0.4, -0.2) is 47.8 Å². The molecule has 0 spiro atoms. The number of imide groups is 1. The fourth-order valence-electron chi connectivity index (χ4n) is 3.47. The second-order valence-electron chi connectivity index (χ2n) is 7.28. The van der Waals surface area contributed by atoms with Crippen LogP contribution in [0.5, 0.6) is 0 Å². The standard InChI is InChI=1S/C22H21N3O5/c26-19-10-11-20(27)25(19)18-8-6-16(7-9-18)21(28)24-12-17(13-24)23-22(29)30-14-15-4-2-1-3-5-15/h1-9,17H,10-14H2,(H,23,29). The lowest BCUT2D eigenvalue weighted by molar-refractivity contribution is -0.121. The molecule has 0 unspecified atom stereocenters. The topological polar surface area (TPSA) is 96.0 Å². The van der Waals surface area contributed by atoms with Gasteiger partial charge in [-0.15, -0.1) is 0 Å². The van der Waals surface area contributed by atoms with E-state index in [1.807, 2.05) is 30.3 Å². The summed E-state index contributed by atoms with van der Waals surface area (Å²) < 4.78 is 5.18. The molecule has 0 aliphatic carbocycles. The number of hydrogen-bond donors (Lipinski definition) is 1. The van der Waals surface area contributed by atoms with Gasteiger partial charge in [0, 0.05) is 31.5 Å². The molecule has 2 aliphatic rings. The number of alkyl carbamates (subject to hydrolysis) is 1. The van der Waals surface area contributed by atoms with Gasteiger partial charge in [0.2, 0.25) is 11.8 Å². The van der Waals surface area contributed by atoms with E-state index < -0.39 is 6.09 Å². The zero-order valence-electron chi connectivity index (χ0n) is 16.2. The number of anilines is 1. The van der Waals surface area contributed by atoms with E-state index in [2.05, 4.69) is 5.32 Å². The van der Waals surface area contributed by atoms with Crippen LogP contribution in [0.15, 0.2) is 54.6 Å². The van der Waals surface area contributed by atoms with Crippen molar-refractivity contribution in [2.24, 2.45) is 0 Å². The highest BCUT2D eigenvalue weighted by molar-refractivity contribution is 6.19. The van der Waals surface area contributed by atoms with Crippen molar-refractivity contribution in [3.8, 4) is 0 Å². The van der Waals surface area contributed by atoms with Gasteiger partial charge >= 0.3 is 6.09 Å². The van der Waals surface area contributed by atoms with Crippen LogP contribution in [0.1, 0.15) is 28.8 Å². The monoisotopic (exact) mass is 407 g/mol. The van der Waals surface area contributed by atoms with Crippen molar-refractivity contribution in [1.82, 2.24) is 10.2 Å². The summed E-state index contributed by atoms with van der Waals surface area (Å²) in [7, 11) is 0. The SMILES string of the molecule is O=C(NC1CN(C(=O)c2ccc(N3C(=O)CCC3=O)cc2)C1)OCc1ccccc1. The van der Waals surface area contributed by atoms with Gasteiger partial charge in [-0.3, -0.25) is 19.3 Å². The van der Waals surface area contributed by atoms with Crippen molar-refractivity contribution < 1.29 is 23.9 Å². The zero-order valence-corrected chi connectivity index (χ0v) is 16.2. The zero-order chi connectivity index (χ0) is 21.1. The van der Waals surface area contributed by atoms with Crippen molar-refractivity contribution in [3.63, 3.8) is 0 Å². The molecular formula is C22H21N3O5. The van der Waals surface area contributed by atoms with E-state index in [0.29, 0.717) is 24.3 Å². The second kappa shape index (κ2) is 8.36. The van der Waals surface area contributed by atoms with E-state index >= 15 is 0 Å². The van der Waals surface area contributed by atoms with Gasteiger partial charge in [-0.25, -0.2) is 4.79 Å². The maximum atomic E-state index is 12.6. The summed E-state index contributed by atoms with van der Waals surface area (Å²) in [4.78, 5) is 50.8. The normalized spacial score (nSPS) is 16.4. The Morgan fingerprint density at radius 3 is 2.20 bits per heavy atom. The number of rotatable bonds is 5. The van der Waals surface area contributed by atoms with E-state index in [-0.39, 0.29) is 43.2 Å². The van der Waals surface area contributed by atoms with Crippen LogP contribution < -0.4 is 10.2 Å². The average molecular weight is 407 g/mol. The smallest absolute Gasteiger partial charge is 0.407 e. The van der Waals surface area contributed by atoms with E-state index in [0.717, 1.165) is 10.5 Å². The molecule has 30 heavy (non-hydrogen) atoms. The summed E-state index contributed by atoms with van der Waals surface area (Å²) in [6.07, 6.45) is -0.0782. The number of likely N-dealkylation sites (tertiary alicyclic amines) is 1. The van der Waals surface area contributed by atoms with E-state index in [1.165, 1.54) is 0 Å². The summed E-state index contributed by atoms with van der Waals surface area (Å²) in [6.45, 7) is 0.977. The van der Waals surface area contributed by atoms with Gasteiger partial charge in [0.15, 0.2) is 0 Å². The lowest BCUT2D eigenvalue weighted by atomic mass is 10.1. The molecule has 1 N–H and O–H groups in total. The van der Waals surface area contributed by atoms with Crippen molar-refractivity contribution in [1.29, 1.82) is 0 Å². The summed E-state index contributed by atoms with van der Waals surface area (Å²) in [5, 5.41) is 2.74. The molecule has 0 aromatic heterocycles. The van der Waals surface area contributed by atoms with E-state index in [4.69, 9.17) is 4.74 Å². The van der Waals surface area contributed by atoms with Crippen molar-refractivity contribution in [2.75, 3.05) is 18.0 Å². The number of nitrogens with zero attached hydrogens (tertiary/aromatic N) is 2. The first-order valence-corrected chi connectivity index (χ1v) is 9.73. The number of benzene rings is 2. The molecule has 0 radical (unpaired) electrons. The molecule has 2 aromatic rings. The summed E-state index contributed by atoms with van der Waals surface area (Å²) in [5.41, 5.74) is 1.84. The fraction of sp³-hybridized carbons (Fsp3) is 0.273. The highest BCUT2D eigenvalue weighted by Crippen LogP contribution is 2.23. The molecule has 0 saturated carbocycles. The van der Waals surface area contributed by atoms with Gasteiger partial charge in [-0.2, -0.15) is 0 Å².